The summed E-state index contributed by atoms with van der Waals surface area (Å²) in [6.07, 6.45) is 2.73. The lowest BCUT2D eigenvalue weighted by Gasteiger charge is -2.32. The second-order valence-corrected chi connectivity index (χ2v) is 6.56. The summed E-state index contributed by atoms with van der Waals surface area (Å²) in [5.41, 5.74) is 2.55. The van der Waals surface area contributed by atoms with Crippen LogP contribution in [0, 0.1) is 0 Å². The molecule has 1 aliphatic carbocycles. The minimum Gasteiger partial charge on any atom is -0.393 e. The maximum absolute atomic E-state index is 12.6. The molecule has 0 bridgehead atoms. The quantitative estimate of drug-likeness (QED) is 0.734. The predicted octanol–water partition coefficient (Wildman–Crippen LogP) is 2.35. The van der Waals surface area contributed by atoms with E-state index in [0.717, 1.165) is 26.4 Å². The summed E-state index contributed by atoms with van der Waals surface area (Å²) in [7, 11) is 1.77. The summed E-state index contributed by atoms with van der Waals surface area (Å²) in [4.78, 5) is 17.0. The molecule has 2 aromatic heterocycles. The Hall–Kier alpha value is -1.66. The molecular formula is C15H14BrN3O2. The van der Waals surface area contributed by atoms with Gasteiger partial charge in [0.15, 0.2) is 0 Å². The number of pyridine rings is 1. The van der Waals surface area contributed by atoms with Crippen molar-refractivity contribution in [2.45, 2.75) is 25.0 Å². The summed E-state index contributed by atoms with van der Waals surface area (Å²) >= 11 is 3.48. The van der Waals surface area contributed by atoms with Crippen molar-refractivity contribution in [2.75, 3.05) is 0 Å². The molecule has 1 aromatic carbocycles. The average molecular weight is 348 g/mol. The van der Waals surface area contributed by atoms with Gasteiger partial charge in [0, 0.05) is 22.9 Å². The predicted molar refractivity (Wildman–Crippen MR) is 84.5 cm³/mol. The highest BCUT2D eigenvalue weighted by Crippen LogP contribution is 2.35. The van der Waals surface area contributed by atoms with E-state index >= 15 is 0 Å². The van der Waals surface area contributed by atoms with Gasteiger partial charge in [0.2, 0.25) is 0 Å². The molecule has 2 heterocycles. The van der Waals surface area contributed by atoms with Crippen LogP contribution >= 0.6 is 15.9 Å². The van der Waals surface area contributed by atoms with Gasteiger partial charge in [-0.2, -0.15) is 0 Å². The number of aliphatic hydroxyl groups excluding tert-OH is 1. The smallest absolute Gasteiger partial charge is 0.329 e. The molecular weight excluding hydrogens is 334 g/mol. The van der Waals surface area contributed by atoms with E-state index in [1.54, 1.807) is 17.8 Å². The lowest BCUT2D eigenvalue weighted by atomic mass is 9.89. The molecule has 0 aliphatic heterocycles. The number of aliphatic hydroxyl groups is 1. The largest absolute Gasteiger partial charge is 0.393 e. The molecule has 0 unspecified atom stereocenters. The van der Waals surface area contributed by atoms with Crippen LogP contribution in [0.3, 0.4) is 0 Å². The van der Waals surface area contributed by atoms with Crippen molar-refractivity contribution in [2.24, 2.45) is 7.05 Å². The highest BCUT2D eigenvalue weighted by Gasteiger charge is 2.32. The Kier molecular flexibility index (Phi) is 2.74. The van der Waals surface area contributed by atoms with Crippen LogP contribution in [0.1, 0.15) is 18.9 Å². The number of benzene rings is 1. The molecule has 108 valence electrons. The molecule has 6 heteroatoms. The Bertz CT molecular complexity index is 922. The van der Waals surface area contributed by atoms with Gasteiger partial charge in [-0.05, 0) is 31.0 Å². The molecule has 21 heavy (non-hydrogen) atoms. The summed E-state index contributed by atoms with van der Waals surface area (Å²) in [5.74, 6) is 0. The van der Waals surface area contributed by atoms with E-state index in [0.29, 0.717) is 12.8 Å². The Morgan fingerprint density at radius 1 is 1.38 bits per heavy atom. The summed E-state index contributed by atoms with van der Waals surface area (Å²) in [6.45, 7) is 0. The fourth-order valence-electron chi connectivity index (χ4n) is 3.11. The van der Waals surface area contributed by atoms with Gasteiger partial charge in [0.05, 0.1) is 28.9 Å². The monoisotopic (exact) mass is 347 g/mol. The van der Waals surface area contributed by atoms with E-state index in [2.05, 4.69) is 20.9 Å². The third-order valence-corrected chi connectivity index (χ3v) is 4.82. The van der Waals surface area contributed by atoms with Gasteiger partial charge in [0.25, 0.3) is 0 Å². The van der Waals surface area contributed by atoms with Crippen LogP contribution in [-0.4, -0.2) is 25.3 Å². The van der Waals surface area contributed by atoms with E-state index in [4.69, 9.17) is 0 Å². The topological polar surface area (TPSA) is 60.0 Å². The average Bonchev–Trinajstić information content (AvgIpc) is 2.68. The molecule has 4 rings (SSSR count). The maximum atomic E-state index is 12.6. The van der Waals surface area contributed by atoms with E-state index in [9.17, 15) is 9.90 Å². The maximum Gasteiger partial charge on any atom is 0.329 e. The van der Waals surface area contributed by atoms with Crippen LogP contribution in [-0.2, 0) is 7.05 Å². The molecule has 0 atom stereocenters. The Balaban J connectivity index is 2.14. The standard InChI is InChI=1S/C15H14BrN3O2/c1-18-13-7-17-12-3-2-8(16)4-11(12)14(13)19(15(18)21)9-5-10(20)6-9/h2-4,7,9-10,20H,5-6H2,1H3. The highest BCUT2D eigenvalue weighted by atomic mass is 79.9. The van der Waals surface area contributed by atoms with E-state index < -0.39 is 0 Å². The Morgan fingerprint density at radius 3 is 2.86 bits per heavy atom. The number of nitrogens with zero attached hydrogens (tertiary/aromatic N) is 3. The van der Waals surface area contributed by atoms with Crippen molar-refractivity contribution in [3.05, 3.63) is 39.4 Å². The second-order valence-electron chi connectivity index (χ2n) is 5.64. The zero-order chi connectivity index (χ0) is 14.7. The molecule has 1 saturated carbocycles. The van der Waals surface area contributed by atoms with E-state index in [1.807, 2.05) is 22.8 Å². The van der Waals surface area contributed by atoms with Crippen molar-refractivity contribution in [3.8, 4) is 0 Å². The number of aromatic nitrogens is 3. The normalized spacial score (nSPS) is 21.9. The SMILES string of the molecule is Cn1c(=O)n(C2CC(O)C2)c2c3cc(Br)ccc3ncc21. The zero-order valence-corrected chi connectivity index (χ0v) is 13.0. The van der Waals surface area contributed by atoms with Gasteiger partial charge in [0.1, 0.15) is 0 Å². The summed E-state index contributed by atoms with van der Waals surface area (Å²) < 4.78 is 4.41. The molecule has 1 fully saturated rings. The van der Waals surface area contributed by atoms with Gasteiger partial charge in [-0.25, -0.2) is 4.79 Å². The lowest BCUT2D eigenvalue weighted by Crippen LogP contribution is -2.36. The van der Waals surface area contributed by atoms with Gasteiger partial charge >= 0.3 is 5.69 Å². The van der Waals surface area contributed by atoms with Crippen LogP contribution in [0.25, 0.3) is 21.9 Å². The van der Waals surface area contributed by atoms with Crippen LogP contribution < -0.4 is 5.69 Å². The number of fused-ring (bicyclic) bond motifs is 3. The first kappa shape index (κ1) is 13.0. The van der Waals surface area contributed by atoms with Crippen molar-refractivity contribution >= 4 is 37.9 Å². The first-order chi connectivity index (χ1) is 10.1. The number of halogens is 1. The van der Waals surface area contributed by atoms with Gasteiger partial charge < -0.3 is 5.11 Å². The number of imidazole rings is 1. The molecule has 5 nitrogen and oxygen atoms in total. The second kappa shape index (κ2) is 4.42. The zero-order valence-electron chi connectivity index (χ0n) is 11.5. The molecule has 1 N–H and O–H groups in total. The van der Waals surface area contributed by atoms with Gasteiger partial charge in [-0.15, -0.1) is 0 Å². The molecule has 3 aromatic rings. The van der Waals surface area contributed by atoms with Crippen LogP contribution in [0.15, 0.2) is 33.7 Å². The van der Waals surface area contributed by atoms with E-state index in [1.165, 1.54) is 0 Å². The Morgan fingerprint density at radius 2 is 2.14 bits per heavy atom. The number of rotatable bonds is 1. The highest BCUT2D eigenvalue weighted by molar-refractivity contribution is 9.10. The van der Waals surface area contributed by atoms with Crippen LogP contribution in [0.2, 0.25) is 0 Å². The van der Waals surface area contributed by atoms with Crippen molar-refractivity contribution in [1.29, 1.82) is 0 Å². The van der Waals surface area contributed by atoms with E-state index in [-0.39, 0.29) is 17.8 Å². The number of aryl methyl sites for hydroxylation is 1. The Labute approximate surface area is 129 Å². The lowest BCUT2D eigenvalue weighted by molar-refractivity contribution is 0.0487. The molecule has 1 aliphatic rings. The summed E-state index contributed by atoms with van der Waals surface area (Å²) in [5, 5.41) is 10.5. The van der Waals surface area contributed by atoms with Crippen molar-refractivity contribution in [1.82, 2.24) is 14.1 Å². The molecule has 0 saturated heterocycles. The van der Waals surface area contributed by atoms with Crippen molar-refractivity contribution < 1.29 is 5.11 Å². The number of hydrogen-bond acceptors (Lipinski definition) is 3. The third kappa shape index (κ3) is 1.79. The van der Waals surface area contributed by atoms with Crippen molar-refractivity contribution in [3.63, 3.8) is 0 Å². The van der Waals surface area contributed by atoms with Gasteiger partial charge in [-0.1, -0.05) is 15.9 Å². The first-order valence-corrected chi connectivity index (χ1v) is 7.69. The van der Waals surface area contributed by atoms with Gasteiger partial charge in [-0.3, -0.25) is 14.1 Å². The minimum absolute atomic E-state index is 0.0452. The fraction of sp³-hybridized carbons (Fsp3) is 0.333. The van der Waals surface area contributed by atoms with Crippen LogP contribution in [0.4, 0.5) is 0 Å². The fourth-order valence-corrected chi connectivity index (χ4v) is 3.47. The summed E-state index contributed by atoms with van der Waals surface area (Å²) in [6, 6.07) is 5.95. The van der Waals surface area contributed by atoms with Crippen LogP contribution in [0.5, 0.6) is 0 Å². The minimum atomic E-state index is -0.294. The number of hydrogen-bond donors (Lipinski definition) is 1. The first-order valence-electron chi connectivity index (χ1n) is 6.89. The molecule has 0 radical (unpaired) electrons. The molecule has 0 spiro atoms. The third-order valence-electron chi connectivity index (χ3n) is 4.33. The molecule has 0 amide bonds.